The van der Waals surface area contributed by atoms with Gasteiger partial charge in [-0.2, -0.15) is 0 Å². The van der Waals surface area contributed by atoms with Crippen molar-refractivity contribution in [2.45, 2.75) is 6.42 Å². The van der Waals surface area contributed by atoms with Crippen LogP contribution in [-0.4, -0.2) is 22.6 Å². The van der Waals surface area contributed by atoms with Gasteiger partial charge in [-0.25, -0.2) is 8.78 Å². The van der Waals surface area contributed by atoms with Crippen LogP contribution in [0.5, 0.6) is 0 Å². The Morgan fingerprint density at radius 2 is 1.92 bits per heavy atom. The molecule has 2 aromatic carbocycles. The molecule has 25 heavy (non-hydrogen) atoms. The fourth-order valence-electron chi connectivity index (χ4n) is 2.12. The second-order valence-corrected chi connectivity index (χ2v) is 5.52. The van der Waals surface area contributed by atoms with Crippen LogP contribution in [-0.2, 0) is 6.42 Å². The number of nitrogens with one attached hydrogen (secondary N) is 1. The van der Waals surface area contributed by atoms with Gasteiger partial charge in [-0.3, -0.25) is 4.79 Å². The molecule has 0 aliphatic carbocycles. The van der Waals surface area contributed by atoms with Crippen LogP contribution in [0.1, 0.15) is 16.2 Å². The van der Waals surface area contributed by atoms with E-state index in [1.165, 1.54) is 6.07 Å². The summed E-state index contributed by atoms with van der Waals surface area (Å²) in [6.45, 7) is 0.196. The molecule has 0 unspecified atom stereocenters. The van der Waals surface area contributed by atoms with Gasteiger partial charge in [0.15, 0.2) is 11.6 Å². The Morgan fingerprint density at radius 3 is 2.68 bits per heavy atom. The summed E-state index contributed by atoms with van der Waals surface area (Å²) in [6, 6.07) is 10.00. The number of carbonyl (C=O) groups is 1. The Bertz CT molecular complexity index is 914. The smallest absolute Gasteiger partial charge is 0.251 e. The van der Waals surface area contributed by atoms with E-state index >= 15 is 0 Å². The van der Waals surface area contributed by atoms with Gasteiger partial charge in [-0.05, 0) is 30.3 Å². The Morgan fingerprint density at radius 1 is 1.12 bits per heavy atom. The summed E-state index contributed by atoms with van der Waals surface area (Å²) in [4.78, 5) is 11.9. The number of hydrogen-bond donors (Lipinski definition) is 1. The minimum Gasteiger partial charge on any atom is -0.421 e. The quantitative estimate of drug-likeness (QED) is 0.751. The fraction of sp³-hybridized carbons (Fsp3) is 0.118. The van der Waals surface area contributed by atoms with Crippen LogP contribution in [0.3, 0.4) is 0 Å². The van der Waals surface area contributed by atoms with Gasteiger partial charge in [-0.15, -0.1) is 10.2 Å². The van der Waals surface area contributed by atoms with Gasteiger partial charge in [0.05, 0.1) is 10.6 Å². The number of halogens is 3. The number of nitrogens with zero attached hydrogens (tertiary/aromatic N) is 2. The number of amides is 1. The first-order valence-electron chi connectivity index (χ1n) is 7.35. The molecular formula is C17H12ClF2N3O2. The molecule has 1 heterocycles. The maximum absolute atomic E-state index is 13.1. The summed E-state index contributed by atoms with van der Waals surface area (Å²) in [7, 11) is 0. The van der Waals surface area contributed by atoms with E-state index < -0.39 is 17.5 Å². The molecule has 0 fully saturated rings. The molecule has 1 aromatic heterocycles. The van der Waals surface area contributed by atoms with Gasteiger partial charge in [0.2, 0.25) is 11.8 Å². The number of rotatable bonds is 5. The molecule has 128 valence electrons. The average Bonchev–Trinajstić information content (AvgIpc) is 3.06. The molecule has 0 spiro atoms. The lowest BCUT2D eigenvalue weighted by Crippen LogP contribution is -2.25. The monoisotopic (exact) mass is 363 g/mol. The van der Waals surface area contributed by atoms with Crippen molar-refractivity contribution in [3.05, 3.63) is 70.6 Å². The highest BCUT2D eigenvalue weighted by atomic mass is 35.5. The molecule has 0 aliphatic rings. The lowest BCUT2D eigenvalue weighted by atomic mass is 10.2. The number of aromatic nitrogens is 2. The molecule has 0 atom stereocenters. The predicted octanol–water partition coefficient (Wildman–Crippen LogP) is 3.64. The SMILES string of the molecule is O=C(NCCc1nnc(-c2ccccc2Cl)o1)c1ccc(F)c(F)c1. The van der Waals surface area contributed by atoms with Crippen molar-refractivity contribution in [1.29, 1.82) is 0 Å². The number of benzene rings is 2. The van der Waals surface area contributed by atoms with Gasteiger partial charge in [0.1, 0.15) is 0 Å². The van der Waals surface area contributed by atoms with Crippen LogP contribution < -0.4 is 5.32 Å². The summed E-state index contributed by atoms with van der Waals surface area (Å²) < 4.78 is 31.5. The molecule has 1 amide bonds. The minimum atomic E-state index is -1.08. The fourth-order valence-corrected chi connectivity index (χ4v) is 2.34. The molecule has 3 rings (SSSR count). The van der Waals surface area contributed by atoms with Crippen molar-refractivity contribution in [3.63, 3.8) is 0 Å². The van der Waals surface area contributed by atoms with Gasteiger partial charge < -0.3 is 9.73 Å². The molecule has 5 nitrogen and oxygen atoms in total. The van der Waals surface area contributed by atoms with Crippen molar-refractivity contribution in [3.8, 4) is 11.5 Å². The van der Waals surface area contributed by atoms with E-state index in [1.807, 2.05) is 0 Å². The molecule has 1 N–H and O–H groups in total. The lowest BCUT2D eigenvalue weighted by Gasteiger charge is -2.04. The molecule has 0 saturated heterocycles. The summed E-state index contributed by atoms with van der Waals surface area (Å²) in [5.41, 5.74) is 0.648. The van der Waals surface area contributed by atoms with Crippen molar-refractivity contribution >= 4 is 17.5 Å². The van der Waals surface area contributed by atoms with Crippen LogP contribution in [0.25, 0.3) is 11.5 Å². The largest absolute Gasteiger partial charge is 0.421 e. The van der Waals surface area contributed by atoms with Crippen molar-refractivity contribution in [2.24, 2.45) is 0 Å². The molecular weight excluding hydrogens is 352 g/mol. The van der Waals surface area contributed by atoms with E-state index in [-0.39, 0.29) is 24.4 Å². The molecule has 0 saturated carbocycles. The Hall–Kier alpha value is -2.80. The van der Waals surface area contributed by atoms with Crippen LogP contribution in [0.2, 0.25) is 5.02 Å². The van der Waals surface area contributed by atoms with Gasteiger partial charge in [0, 0.05) is 18.5 Å². The van der Waals surface area contributed by atoms with Crippen LogP contribution >= 0.6 is 11.6 Å². The van der Waals surface area contributed by atoms with Gasteiger partial charge in [0.25, 0.3) is 5.91 Å². The molecule has 3 aromatic rings. The first-order chi connectivity index (χ1) is 12.0. The minimum absolute atomic E-state index is 0.0289. The third-order valence-electron chi connectivity index (χ3n) is 3.38. The Kier molecular flexibility index (Phi) is 5.04. The Balaban J connectivity index is 1.58. The van der Waals surface area contributed by atoms with E-state index in [2.05, 4.69) is 15.5 Å². The van der Waals surface area contributed by atoms with E-state index in [0.29, 0.717) is 16.5 Å². The summed E-state index contributed by atoms with van der Waals surface area (Å²) >= 11 is 6.06. The maximum atomic E-state index is 13.1. The van der Waals surface area contributed by atoms with Gasteiger partial charge >= 0.3 is 0 Å². The van der Waals surface area contributed by atoms with Crippen molar-refractivity contribution in [2.75, 3.05) is 6.54 Å². The summed E-state index contributed by atoms with van der Waals surface area (Å²) in [6.07, 6.45) is 0.285. The highest BCUT2D eigenvalue weighted by molar-refractivity contribution is 6.33. The molecule has 0 radical (unpaired) electrons. The first-order valence-corrected chi connectivity index (χ1v) is 7.73. The zero-order valence-electron chi connectivity index (χ0n) is 12.8. The second-order valence-electron chi connectivity index (χ2n) is 5.12. The third kappa shape index (κ3) is 4.00. The van der Waals surface area contributed by atoms with E-state index in [9.17, 15) is 13.6 Å². The first kappa shape index (κ1) is 17.0. The Labute approximate surface area is 146 Å². The van der Waals surface area contributed by atoms with E-state index in [0.717, 1.165) is 12.1 Å². The highest BCUT2D eigenvalue weighted by Crippen LogP contribution is 2.26. The molecule has 0 aliphatic heterocycles. The third-order valence-corrected chi connectivity index (χ3v) is 3.71. The topological polar surface area (TPSA) is 68.0 Å². The zero-order chi connectivity index (χ0) is 17.8. The standard InChI is InChI=1S/C17H12ClF2N3O2/c18-12-4-2-1-3-11(12)17-23-22-15(25-17)7-8-21-16(24)10-5-6-13(19)14(20)9-10/h1-6,9H,7-8H2,(H,21,24). The second kappa shape index (κ2) is 7.40. The highest BCUT2D eigenvalue weighted by Gasteiger charge is 2.13. The van der Waals surface area contributed by atoms with Crippen molar-refractivity contribution in [1.82, 2.24) is 15.5 Å². The van der Waals surface area contributed by atoms with Crippen LogP contribution in [0.15, 0.2) is 46.9 Å². The normalized spacial score (nSPS) is 10.7. The predicted molar refractivity (Wildman–Crippen MR) is 87.1 cm³/mol. The average molecular weight is 364 g/mol. The van der Waals surface area contributed by atoms with E-state index in [4.69, 9.17) is 16.0 Å². The van der Waals surface area contributed by atoms with Gasteiger partial charge in [-0.1, -0.05) is 23.7 Å². The lowest BCUT2D eigenvalue weighted by molar-refractivity contribution is 0.0953. The summed E-state index contributed by atoms with van der Waals surface area (Å²) in [5, 5.41) is 10.9. The van der Waals surface area contributed by atoms with Crippen molar-refractivity contribution < 1.29 is 18.0 Å². The molecule has 0 bridgehead atoms. The van der Waals surface area contributed by atoms with E-state index in [1.54, 1.807) is 24.3 Å². The van der Waals surface area contributed by atoms with Crippen LogP contribution in [0, 0.1) is 11.6 Å². The number of carbonyl (C=O) groups excluding carboxylic acids is 1. The number of hydrogen-bond acceptors (Lipinski definition) is 4. The maximum Gasteiger partial charge on any atom is 0.251 e. The van der Waals surface area contributed by atoms with Crippen LogP contribution in [0.4, 0.5) is 8.78 Å². The summed E-state index contributed by atoms with van der Waals surface area (Å²) in [5.74, 6) is -2.00. The molecule has 8 heteroatoms. The zero-order valence-corrected chi connectivity index (χ0v) is 13.6.